The number of nitrogens with one attached hydrogen (secondary N) is 2. The summed E-state index contributed by atoms with van der Waals surface area (Å²) in [4.78, 5) is 16.1. The van der Waals surface area contributed by atoms with Crippen molar-refractivity contribution in [3.05, 3.63) is 24.0 Å². The molecule has 4 nitrogen and oxygen atoms in total. The van der Waals surface area contributed by atoms with Gasteiger partial charge in [0.05, 0.1) is 0 Å². The summed E-state index contributed by atoms with van der Waals surface area (Å²) in [6, 6.07) is 3.88. The fourth-order valence-electron chi connectivity index (χ4n) is 1.67. The van der Waals surface area contributed by atoms with Crippen LogP contribution in [0.2, 0.25) is 0 Å². The zero-order chi connectivity index (χ0) is 14.1. The second-order valence-electron chi connectivity index (χ2n) is 4.85. The third-order valence-corrected chi connectivity index (χ3v) is 3.09. The quantitative estimate of drug-likeness (QED) is 0.708. The lowest BCUT2D eigenvalue weighted by atomic mass is 10.2. The Hall–Kier alpha value is -1.58. The standard InChI is InChI=1S/C15H25N3O/c1-4-6-7-9-16-13-8-10-17-14(11-13)15(19)18-12(3)5-2/h8,10-12H,4-7,9H2,1-3H3,(H,16,17)(H,18,19). The van der Waals surface area contributed by atoms with E-state index in [0.29, 0.717) is 5.69 Å². The lowest BCUT2D eigenvalue weighted by Crippen LogP contribution is -2.32. The smallest absolute Gasteiger partial charge is 0.270 e. The first-order chi connectivity index (χ1) is 9.17. The van der Waals surface area contributed by atoms with Crippen LogP contribution in [0.25, 0.3) is 0 Å². The topological polar surface area (TPSA) is 54.0 Å². The van der Waals surface area contributed by atoms with E-state index in [1.165, 1.54) is 12.8 Å². The van der Waals surface area contributed by atoms with Gasteiger partial charge in [-0.15, -0.1) is 0 Å². The van der Waals surface area contributed by atoms with Crippen molar-refractivity contribution < 1.29 is 4.79 Å². The summed E-state index contributed by atoms with van der Waals surface area (Å²) in [7, 11) is 0. The predicted octanol–water partition coefficient (Wildman–Crippen LogP) is 3.21. The molecular formula is C15H25N3O. The molecule has 0 saturated carbocycles. The molecule has 106 valence electrons. The SMILES string of the molecule is CCCCCNc1ccnc(C(=O)NC(C)CC)c1. The summed E-state index contributed by atoms with van der Waals surface area (Å²) < 4.78 is 0. The minimum absolute atomic E-state index is 0.105. The van der Waals surface area contributed by atoms with Crippen molar-refractivity contribution >= 4 is 11.6 Å². The van der Waals surface area contributed by atoms with Crippen LogP contribution in [-0.2, 0) is 0 Å². The van der Waals surface area contributed by atoms with Gasteiger partial charge in [0, 0.05) is 24.5 Å². The molecule has 1 rings (SSSR count). The van der Waals surface area contributed by atoms with Crippen LogP contribution >= 0.6 is 0 Å². The minimum atomic E-state index is -0.105. The molecule has 4 heteroatoms. The summed E-state index contributed by atoms with van der Waals surface area (Å²) in [6.07, 6.45) is 6.17. The molecule has 1 atom stereocenters. The van der Waals surface area contributed by atoms with Gasteiger partial charge in [0.15, 0.2) is 0 Å². The van der Waals surface area contributed by atoms with E-state index in [1.807, 2.05) is 26.0 Å². The van der Waals surface area contributed by atoms with Crippen molar-refractivity contribution in [1.29, 1.82) is 0 Å². The molecule has 1 aromatic rings. The molecule has 0 aliphatic carbocycles. The molecule has 1 heterocycles. The Kier molecular flexibility index (Phi) is 6.93. The first-order valence-electron chi connectivity index (χ1n) is 7.18. The fourth-order valence-corrected chi connectivity index (χ4v) is 1.67. The van der Waals surface area contributed by atoms with E-state index in [-0.39, 0.29) is 11.9 Å². The van der Waals surface area contributed by atoms with E-state index in [4.69, 9.17) is 0 Å². The average Bonchev–Trinajstić information content (AvgIpc) is 2.43. The normalized spacial score (nSPS) is 11.9. The maximum atomic E-state index is 11.9. The van der Waals surface area contributed by atoms with Crippen molar-refractivity contribution in [2.24, 2.45) is 0 Å². The number of carbonyl (C=O) groups excluding carboxylic acids is 1. The molecular weight excluding hydrogens is 238 g/mol. The molecule has 0 aliphatic rings. The van der Waals surface area contributed by atoms with Crippen molar-refractivity contribution in [2.45, 2.75) is 52.5 Å². The fraction of sp³-hybridized carbons (Fsp3) is 0.600. The van der Waals surface area contributed by atoms with E-state index < -0.39 is 0 Å². The third kappa shape index (κ3) is 5.73. The van der Waals surface area contributed by atoms with Crippen LogP contribution in [0, 0.1) is 0 Å². The average molecular weight is 263 g/mol. The second-order valence-corrected chi connectivity index (χ2v) is 4.85. The number of hydrogen-bond donors (Lipinski definition) is 2. The van der Waals surface area contributed by atoms with Crippen LogP contribution in [0.15, 0.2) is 18.3 Å². The lowest BCUT2D eigenvalue weighted by Gasteiger charge is -2.12. The highest BCUT2D eigenvalue weighted by molar-refractivity contribution is 5.93. The van der Waals surface area contributed by atoms with Crippen LogP contribution in [0.5, 0.6) is 0 Å². The molecule has 0 bridgehead atoms. The summed E-state index contributed by atoms with van der Waals surface area (Å²) in [6.45, 7) is 7.16. The first kappa shape index (κ1) is 15.5. The summed E-state index contributed by atoms with van der Waals surface area (Å²) >= 11 is 0. The lowest BCUT2D eigenvalue weighted by molar-refractivity contribution is 0.0934. The van der Waals surface area contributed by atoms with Crippen molar-refractivity contribution in [3.8, 4) is 0 Å². The van der Waals surface area contributed by atoms with E-state index in [0.717, 1.165) is 25.1 Å². The van der Waals surface area contributed by atoms with Gasteiger partial charge in [-0.2, -0.15) is 0 Å². The number of hydrogen-bond acceptors (Lipinski definition) is 3. The Bertz CT molecular complexity index is 393. The number of amides is 1. The molecule has 2 N–H and O–H groups in total. The van der Waals surface area contributed by atoms with Gasteiger partial charge in [0.1, 0.15) is 5.69 Å². The number of anilines is 1. The highest BCUT2D eigenvalue weighted by Crippen LogP contribution is 2.09. The van der Waals surface area contributed by atoms with E-state index in [1.54, 1.807) is 6.20 Å². The van der Waals surface area contributed by atoms with Gasteiger partial charge in [0.2, 0.25) is 0 Å². The molecule has 0 spiro atoms. The van der Waals surface area contributed by atoms with E-state index in [9.17, 15) is 4.79 Å². The Labute approximate surface area is 116 Å². The van der Waals surface area contributed by atoms with Crippen molar-refractivity contribution in [2.75, 3.05) is 11.9 Å². The number of unbranched alkanes of at least 4 members (excludes halogenated alkanes) is 2. The highest BCUT2D eigenvalue weighted by atomic mass is 16.1. The second kappa shape index (κ2) is 8.51. The number of pyridine rings is 1. The number of rotatable bonds is 8. The molecule has 0 aromatic carbocycles. The molecule has 0 radical (unpaired) electrons. The largest absolute Gasteiger partial charge is 0.385 e. The molecule has 19 heavy (non-hydrogen) atoms. The maximum Gasteiger partial charge on any atom is 0.270 e. The van der Waals surface area contributed by atoms with Gasteiger partial charge in [0.25, 0.3) is 5.91 Å². The van der Waals surface area contributed by atoms with Crippen molar-refractivity contribution in [3.63, 3.8) is 0 Å². The van der Waals surface area contributed by atoms with Crippen LogP contribution in [0.1, 0.15) is 56.9 Å². The van der Waals surface area contributed by atoms with E-state index >= 15 is 0 Å². The van der Waals surface area contributed by atoms with Crippen LogP contribution in [-0.4, -0.2) is 23.5 Å². The highest BCUT2D eigenvalue weighted by Gasteiger charge is 2.10. The van der Waals surface area contributed by atoms with Crippen LogP contribution in [0.3, 0.4) is 0 Å². The maximum absolute atomic E-state index is 11.9. The summed E-state index contributed by atoms with van der Waals surface area (Å²) in [5, 5.41) is 6.24. The molecule has 1 amide bonds. The van der Waals surface area contributed by atoms with Crippen LogP contribution < -0.4 is 10.6 Å². The van der Waals surface area contributed by atoms with E-state index in [2.05, 4.69) is 22.5 Å². The van der Waals surface area contributed by atoms with Crippen LogP contribution in [0.4, 0.5) is 5.69 Å². The Balaban J connectivity index is 2.53. The third-order valence-electron chi connectivity index (χ3n) is 3.09. The van der Waals surface area contributed by atoms with Gasteiger partial charge >= 0.3 is 0 Å². The zero-order valence-corrected chi connectivity index (χ0v) is 12.2. The molecule has 0 saturated heterocycles. The van der Waals surface area contributed by atoms with Crippen molar-refractivity contribution in [1.82, 2.24) is 10.3 Å². The summed E-state index contributed by atoms with van der Waals surface area (Å²) in [5.41, 5.74) is 1.43. The first-order valence-corrected chi connectivity index (χ1v) is 7.18. The monoisotopic (exact) mass is 263 g/mol. The number of carbonyl (C=O) groups is 1. The Morgan fingerprint density at radius 2 is 2.16 bits per heavy atom. The molecule has 1 aromatic heterocycles. The number of nitrogens with zero attached hydrogens (tertiary/aromatic N) is 1. The van der Waals surface area contributed by atoms with Gasteiger partial charge in [-0.05, 0) is 31.9 Å². The van der Waals surface area contributed by atoms with Gasteiger partial charge in [-0.1, -0.05) is 26.7 Å². The Morgan fingerprint density at radius 1 is 1.37 bits per heavy atom. The molecule has 0 fully saturated rings. The Morgan fingerprint density at radius 3 is 2.84 bits per heavy atom. The summed E-state index contributed by atoms with van der Waals surface area (Å²) in [5.74, 6) is -0.105. The minimum Gasteiger partial charge on any atom is -0.385 e. The van der Waals surface area contributed by atoms with Gasteiger partial charge < -0.3 is 10.6 Å². The molecule has 0 aliphatic heterocycles. The predicted molar refractivity (Wildman–Crippen MR) is 79.5 cm³/mol. The van der Waals surface area contributed by atoms with Gasteiger partial charge in [-0.25, -0.2) is 0 Å². The molecule has 1 unspecified atom stereocenters. The van der Waals surface area contributed by atoms with Gasteiger partial charge in [-0.3, -0.25) is 9.78 Å². The zero-order valence-electron chi connectivity index (χ0n) is 12.2. The number of aromatic nitrogens is 1.